The Labute approximate surface area is 106 Å². The highest BCUT2D eigenvalue weighted by molar-refractivity contribution is 5.24. The third-order valence-electron chi connectivity index (χ3n) is 4.31. The summed E-state index contributed by atoms with van der Waals surface area (Å²) in [5.74, 6) is 0. The van der Waals surface area contributed by atoms with E-state index < -0.39 is 0 Å². The Bertz CT molecular complexity index is 364. The smallest absolute Gasteiger partial charge is 0.0270 e. The Hall–Kier alpha value is -0.820. The first-order valence-electron chi connectivity index (χ1n) is 6.74. The Balaban J connectivity index is 2.22. The minimum atomic E-state index is 0.280. The quantitative estimate of drug-likeness (QED) is 0.818. The van der Waals surface area contributed by atoms with Crippen molar-refractivity contribution in [1.29, 1.82) is 0 Å². The molecule has 1 heteroatoms. The van der Waals surface area contributed by atoms with Crippen LogP contribution in [0.4, 0.5) is 0 Å². The normalized spacial score (nSPS) is 25.2. The molecule has 1 aromatic carbocycles. The maximum absolute atomic E-state index is 3.77. The van der Waals surface area contributed by atoms with E-state index in [1.807, 2.05) is 0 Å². The van der Waals surface area contributed by atoms with Gasteiger partial charge in [0.05, 0.1) is 0 Å². The van der Waals surface area contributed by atoms with Crippen molar-refractivity contribution >= 4 is 0 Å². The number of hydrogen-bond donors (Lipinski definition) is 1. The van der Waals surface area contributed by atoms with Crippen molar-refractivity contribution in [2.75, 3.05) is 6.54 Å². The van der Waals surface area contributed by atoms with Crippen molar-refractivity contribution in [3.05, 3.63) is 35.4 Å². The molecule has 1 unspecified atom stereocenters. The molecule has 0 radical (unpaired) electrons. The van der Waals surface area contributed by atoms with Gasteiger partial charge in [0.15, 0.2) is 0 Å². The van der Waals surface area contributed by atoms with E-state index in [1.54, 1.807) is 0 Å². The average molecular weight is 231 g/mol. The summed E-state index contributed by atoms with van der Waals surface area (Å²) in [6.45, 7) is 10.4. The fourth-order valence-electron chi connectivity index (χ4n) is 2.92. The van der Waals surface area contributed by atoms with E-state index in [9.17, 15) is 0 Å². The molecule has 0 saturated carbocycles. The van der Waals surface area contributed by atoms with Gasteiger partial charge in [0.25, 0.3) is 0 Å². The van der Waals surface area contributed by atoms with Gasteiger partial charge in [0.1, 0.15) is 0 Å². The van der Waals surface area contributed by atoms with E-state index in [0.29, 0.717) is 5.41 Å². The second-order valence-corrected chi connectivity index (χ2v) is 6.52. The molecule has 1 nitrogen and oxygen atoms in total. The molecule has 1 aromatic rings. The predicted octanol–water partition coefficient (Wildman–Crippen LogP) is 3.71. The molecule has 1 aliphatic rings. The predicted molar refractivity (Wildman–Crippen MR) is 74.3 cm³/mol. The second kappa shape index (κ2) is 4.45. The van der Waals surface area contributed by atoms with Crippen LogP contribution >= 0.6 is 0 Å². The van der Waals surface area contributed by atoms with Crippen LogP contribution in [0.1, 0.15) is 44.7 Å². The molecular formula is C16H25N. The van der Waals surface area contributed by atoms with E-state index in [0.717, 1.165) is 6.42 Å². The Kier molecular flexibility index (Phi) is 3.31. The van der Waals surface area contributed by atoms with E-state index in [2.05, 4.69) is 57.3 Å². The number of hydrogen-bond acceptors (Lipinski definition) is 1. The van der Waals surface area contributed by atoms with Gasteiger partial charge in [0, 0.05) is 5.54 Å². The summed E-state index contributed by atoms with van der Waals surface area (Å²) in [5.41, 5.74) is 3.40. The fraction of sp³-hybridized carbons (Fsp3) is 0.625. The van der Waals surface area contributed by atoms with Crippen LogP contribution in [0, 0.1) is 12.3 Å². The van der Waals surface area contributed by atoms with E-state index in [1.165, 1.54) is 30.5 Å². The van der Waals surface area contributed by atoms with Gasteiger partial charge in [-0.15, -0.1) is 0 Å². The molecule has 2 rings (SSSR count). The van der Waals surface area contributed by atoms with Crippen molar-refractivity contribution in [2.45, 2.75) is 52.5 Å². The van der Waals surface area contributed by atoms with Gasteiger partial charge in [-0.05, 0) is 43.7 Å². The van der Waals surface area contributed by atoms with Crippen LogP contribution < -0.4 is 5.32 Å². The molecule has 1 atom stereocenters. The molecule has 1 N–H and O–H groups in total. The number of benzene rings is 1. The first kappa shape index (κ1) is 12.6. The van der Waals surface area contributed by atoms with Crippen LogP contribution in [0.5, 0.6) is 0 Å². The highest BCUT2D eigenvalue weighted by Gasteiger charge is 2.43. The molecule has 0 spiro atoms. The lowest BCUT2D eigenvalue weighted by atomic mass is 9.69. The molecule has 17 heavy (non-hydrogen) atoms. The van der Waals surface area contributed by atoms with Gasteiger partial charge in [-0.25, -0.2) is 0 Å². The van der Waals surface area contributed by atoms with Gasteiger partial charge < -0.3 is 5.32 Å². The lowest BCUT2D eigenvalue weighted by Gasteiger charge is -2.42. The molecule has 0 amide bonds. The zero-order valence-electron chi connectivity index (χ0n) is 11.6. The number of aryl methyl sites for hydroxylation is 1. The second-order valence-electron chi connectivity index (χ2n) is 6.52. The Morgan fingerprint density at radius 1 is 1.18 bits per heavy atom. The largest absolute Gasteiger partial charge is 0.310 e. The summed E-state index contributed by atoms with van der Waals surface area (Å²) in [6.07, 6.45) is 3.75. The summed E-state index contributed by atoms with van der Waals surface area (Å²) < 4.78 is 0. The van der Waals surface area contributed by atoms with Crippen molar-refractivity contribution in [3.8, 4) is 0 Å². The molecule has 0 bridgehead atoms. The zero-order valence-corrected chi connectivity index (χ0v) is 11.6. The van der Waals surface area contributed by atoms with Crippen molar-refractivity contribution in [3.63, 3.8) is 0 Å². The summed E-state index contributed by atoms with van der Waals surface area (Å²) in [5, 5.41) is 3.77. The molecule has 1 heterocycles. The van der Waals surface area contributed by atoms with Crippen molar-refractivity contribution in [1.82, 2.24) is 5.32 Å². The first-order chi connectivity index (χ1) is 7.93. The highest BCUT2D eigenvalue weighted by atomic mass is 15.0. The van der Waals surface area contributed by atoms with Gasteiger partial charge in [-0.3, -0.25) is 0 Å². The number of rotatable bonds is 2. The Morgan fingerprint density at radius 3 is 2.29 bits per heavy atom. The van der Waals surface area contributed by atoms with Gasteiger partial charge in [0.2, 0.25) is 0 Å². The van der Waals surface area contributed by atoms with E-state index in [4.69, 9.17) is 0 Å². The molecular weight excluding hydrogens is 206 g/mol. The van der Waals surface area contributed by atoms with Crippen LogP contribution in [-0.4, -0.2) is 12.1 Å². The maximum Gasteiger partial charge on any atom is 0.0270 e. The van der Waals surface area contributed by atoms with Crippen molar-refractivity contribution < 1.29 is 0 Å². The van der Waals surface area contributed by atoms with E-state index in [-0.39, 0.29) is 5.54 Å². The van der Waals surface area contributed by atoms with Crippen LogP contribution in [0.15, 0.2) is 24.3 Å². The third-order valence-corrected chi connectivity index (χ3v) is 4.31. The van der Waals surface area contributed by atoms with Gasteiger partial charge in [-0.2, -0.15) is 0 Å². The summed E-state index contributed by atoms with van der Waals surface area (Å²) in [7, 11) is 0. The van der Waals surface area contributed by atoms with Crippen LogP contribution in [0.2, 0.25) is 0 Å². The standard InChI is InChI=1S/C16H25N/c1-13-6-8-14(9-7-13)12-16(15(2,3)4)10-5-11-17-16/h6-9,17H,5,10-12H2,1-4H3. The minimum Gasteiger partial charge on any atom is -0.310 e. The zero-order chi connectivity index (χ0) is 12.5. The topological polar surface area (TPSA) is 12.0 Å². The average Bonchev–Trinajstić information content (AvgIpc) is 2.70. The highest BCUT2D eigenvalue weighted by Crippen LogP contribution is 2.39. The molecule has 1 fully saturated rings. The molecule has 0 aromatic heterocycles. The monoisotopic (exact) mass is 231 g/mol. The summed E-state index contributed by atoms with van der Waals surface area (Å²) in [4.78, 5) is 0. The van der Waals surface area contributed by atoms with Gasteiger partial charge >= 0.3 is 0 Å². The molecule has 94 valence electrons. The van der Waals surface area contributed by atoms with Crippen LogP contribution in [-0.2, 0) is 6.42 Å². The number of nitrogens with one attached hydrogen (secondary N) is 1. The summed E-state index contributed by atoms with van der Waals surface area (Å²) >= 11 is 0. The molecule has 0 aliphatic carbocycles. The van der Waals surface area contributed by atoms with Gasteiger partial charge in [-0.1, -0.05) is 50.6 Å². The lowest BCUT2D eigenvalue weighted by Crippen LogP contribution is -2.52. The third kappa shape index (κ3) is 2.55. The fourth-order valence-corrected chi connectivity index (χ4v) is 2.92. The lowest BCUT2D eigenvalue weighted by molar-refractivity contribution is 0.159. The minimum absolute atomic E-state index is 0.280. The molecule has 1 aliphatic heterocycles. The van der Waals surface area contributed by atoms with Crippen molar-refractivity contribution in [2.24, 2.45) is 5.41 Å². The maximum atomic E-state index is 3.77. The van der Waals surface area contributed by atoms with E-state index >= 15 is 0 Å². The first-order valence-corrected chi connectivity index (χ1v) is 6.74. The SMILES string of the molecule is Cc1ccc(CC2(C(C)(C)C)CCCN2)cc1. The van der Waals surface area contributed by atoms with Crippen LogP contribution in [0.3, 0.4) is 0 Å². The molecule has 1 saturated heterocycles. The Morgan fingerprint density at radius 2 is 1.82 bits per heavy atom. The summed E-state index contributed by atoms with van der Waals surface area (Å²) in [6, 6.07) is 9.01. The van der Waals surface area contributed by atoms with Crippen LogP contribution in [0.25, 0.3) is 0 Å².